The number of piperidine rings is 1. The molecule has 26 heavy (non-hydrogen) atoms. The smallest absolute Gasteiger partial charge is 0.227 e. The van der Waals surface area contributed by atoms with E-state index in [1.165, 1.54) is 0 Å². The largest absolute Gasteiger partial charge is 0.371 e. The molecule has 3 rings (SSSR count). The van der Waals surface area contributed by atoms with Crippen molar-refractivity contribution in [2.45, 2.75) is 12.8 Å². The zero-order chi connectivity index (χ0) is 18.5. The van der Waals surface area contributed by atoms with Crippen molar-refractivity contribution in [2.24, 2.45) is 5.92 Å². The van der Waals surface area contributed by atoms with E-state index in [0.29, 0.717) is 11.1 Å². The van der Waals surface area contributed by atoms with Crippen LogP contribution in [0.15, 0.2) is 42.5 Å². The van der Waals surface area contributed by atoms with Crippen molar-refractivity contribution in [3.05, 3.63) is 57.2 Å². The van der Waals surface area contributed by atoms with Gasteiger partial charge in [-0.3, -0.25) is 9.59 Å². The van der Waals surface area contributed by atoms with Crippen molar-refractivity contribution in [3.8, 4) is 6.07 Å². The number of nitrogens with one attached hydrogen (secondary N) is 1. The standard InChI is InChI=1S/C20H18IN3O2/c21-18-11-15(12-22)3-6-19(18)23-20(26)16-7-9-24(10-8-16)17-4-1-14(13-25)2-5-17/h1-6,11,13,16H,7-10H2,(H,23,26). The van der Waals surface area contributed by atoms with Crippen molar-refractivity contribution >= 4 is 46.2 Å². The van der Waals surface area contributed by atoms with E-state index in [0.717, 1.165) is 47.2 Å². The number of amides is 1. The van der Waals surface area contributed by atoms with Crippen molar-refractivity contribution in [3.63, 3.8) is 0 Å². The van der Waals surface area contributed by atoms with E-state index in [-0.39, 0.29) is 11.8 Å². The van der Waals surface area contributed by atoms with Gasteiger partial charge in [0.05, 0.1) is 17.3 Å². The Morgan fingerprint density at radius 3 is 2.46 bits per heavy atom. The van der Waals surface area contributed by atoms with Crippen LogP contribution in [-0.2, 0) is 4.79 Å². The number of nitrogens with zero attached hydrogens (tertiary/aromatic N) is 2. The summed E-state index contributed by atoms with van der Waals surface area (Å²) < 4.78 is 0.864. The Hall–Kier alpha value is -2.40. The minimum Gasteiger partial charge on any atom is -0.371 e. The maximum atomic E-state index is 12.6. The molecule has 132 valence electrons. The normalized spacial score (nSPS) is 14.5. The first-order valence-electron chi connectivity index (χ1n) is 8.41. The number of hydrogen-bond donors (Lipinski definition) is 1. The molecule has 6 heteroatoms. The van der Waals surface area contributed by atoms with Gasteiger partial charge >= 0.3 is 0 Å². The SMILES string of the molecule is N#Cc1ccc(NC(=O)C2CCN(c3ccc(C=O)cc3)CC2)c(I)c1. The summed E-state index contributed by atoms with van der Waals surface area (Å²) in [6, 6.07) is 14.9. The van der Waals surface area contributed by atoms with Gasteiger partial charge < -0.3 is 10.2 Å². The maximum Gasteiger partial charge on any atom is 0.227 e. The number of aldehydes is 1. The zero-order valence-electron chi connectivity index (χ0n) is 14.1. The molecule has 1 N–H and O–H groups in total. The summed E-state index contributed by atoms with van der Waals surface area (Å²) in [6.45, 7) is 1.62. The molecule has 0 bridgehead atoms. The van der Waals surface area contributed by atoms with Gasteiger partial charge in [-0.05, 0) is 77.9 Å². The first kappa shape index (κ1) is 18.4. The molecule has 0 aliphatic carbocycles. The Kier molecular flexibility index (Phi) is 5.89. The van der Waals surface area contributed by atoms with Crippen LogP contribution >= 0.6 is 22.6 Å². The highest BCUT2D eigenvalue weighted by Gasteiger charge is 2.25. The van der Waals surface area contributed by atoms with Gasteiger partial charge in [-0.15, -0.1) is 0 Å². The highest BCUT2D eigenvalue weighted by Crippen LogP contribution is 2.26. The summed E-state index contributed by atoms with van der Waals surface area (Å²) in [5, 5.41) is 11.9. The van der Waals surface area contributed by atoms with Crippen LogP contribution in [0.1, 0.15) is 28.8 Å². The molecule has 1 saturated heterocycles. The molecular weight excluding hydrogens is 441 g/mol. The lowest BCUT2D eigenvalue weighted by atomic mass is 9.95. The van der Waals surface area contributed by atoms with Gasteiger partial charge in [0.1, 0.15) is 6.29 Å². The van der Waals surface area contributed by atoms with Crippen LogP contribution in [-0.4, -0.2) is 25.3 Å². The van der Waals surface area contributed by atoms with Gasteiger partial charge in [-0.25, -0.2) is 0 Å². The Bertz CT molecular complexity index is 850. The average Bonchev–Trinajstić information content (AvgIpc) is 2.69. The number of nitriles is 1. The van der Waals surface area contributed by atoms with E-state index in [1.54, 1.807) is 18.2 Å². The van der Waals surface area contributed by atoms with Crippen LogP contribution in [0.5, 0.6) is 0 Å². The number of carbonyl (C=O) groups is 2. The summed E-state index contributed by atoms with van der Waals surface area (Å²) >= 11 is 2.13. The fourth-order valence-electron chi connectivity index (χ4n) is 3.08. The molecule has 5 nitrogen and oxygen atoms in total. The molecule has 0 atom stereocenters. The Morgan fingerprint density at radius 1 is 1.19 bits per heavy atom. The van der Waals surface area contributed by atoms with Crippen molar-refractivity contribution in [1.29, 1.82) is 5.26 Å². The van der Waals surface area contributed by atoms with E-state index in [9.17, 15) is 9.59 Å². The van der Waals surface area contributed by atoms with Gasteiger partial charge in [-0.2, -0.15) is 5.26 Å². The number of benzene rings is 2. The zero-order valence-corrected chi connectivity index (χ0v) is 16.3. The van der Waals surface area contributed by atoms with Crippen LogP contribution in [0.2, 0.25) is 0 Å². The first-order valence-corrected chi connectivity index (χ1v) is 9.49. The topological polar surface area (TPSA) is 73.2 Å². The molecule has 0 saturated carbocycles. The van der Waals surface area contributed by atoms with Gasteiger partial charge in [0.15, 0.2) is 0 Å². The molecule has 2 aromatic rings. The summed E-state index contributed by atoms with van der Waals surface area (Å²) in [7, 11) is 0. The van der Waals surface area contributed by atoms with Crippen LogP contribution in [0.4, 0.5) is 11.4 Å². The fraction of sp³-hybridized carbons (Fsp3) is 0.250. The Morgan fingerprint density at radius 2 is 1.88 bits per heavy atom. The number of halogens is 1. The van der Waals surface area contributed by atoms with E-state index >= 15 is 0 Å². The van der Waals surface area contributed by atoms with Crippen LogP contribution in [0.3, 0.4) is 0 Å². The molecule has 1 fully saturated rings. The third-order valence-corrected chi connectivity index (χ3v) is 5.51. The maximum absolute atomic E-state index is 12.6. The minimum atomic E-state index is -0.0214. The minimum absolute atomic E-state index is 0.0214. The summed E-state index contributed by atoms with van der Waals surface area (Å²) in [6.07, 6.45) is 2.41. The van der Waals surface area contributed by atoms with Crippen molar-refractivity contribution < 1.29 is 9.59 Å². The Balaban J connectivity index is 1.58. The molecule has 0 spiro atoms. The highest BCUT2D eigenvalue weighted by atomic mass is 127. The van der Waals surface area contributed by atoms with Crippen molar-refractivity contribution in [2.75, 3.05) is 23.3 Å². The van der Waals surface area contributed by atoms with Crippen LogP contribution < -0.4 is 10.2 Å². The Labute approximate surface area is 166 Å². The molecule has 1 aliphatic rings. The number of hydrogen-bond acceptors (Lipinski definition) is 4. The fourth-order valence-corrected chi connectivity index (χ4v) is 3.73. The lowest BCUT2D eigenvalue weighted by Gasteiger charge is -2.33. The predicted molar refractivity (Wildman–Crippen MR) is 109 cm³/mol. The molecular formula is C20H18IN3O2. The number of anilines is 2. The van der Waals surface area contributed by atoms with E-state index in [1.807, 2.05) is 24.3 Å². The van der Waals surface area contributed by atoms with Gasteiger partial charge in [0, 0.05) is 33.8 Å². The number of carbonyl (C=O) groups excluding carboxylic acids is 2. The summed E-state index contributed by atoms with van der Waals surface area (Å²) in [5.41, 5.74) is 3.08. The van der Waals surface area contributed by atoms with Gasteiger partial charge in [-0.1, -0.05) is 0 Å². The van der Waals surface area contributed by atoms with E-state index in [2.05, 4.69) is 38.9 Å². The third-order valence-electron chi connectivity index (χ3n) is 4.62. The average molecular weight is 459 g/mol. The highest BCUT2D eigenvalue weighted by molar-refractivity contribution is 14.1. The predicted octanol–water partition coefficient (Wildman–Crippen LogP) is 3.83. The quantitative estimate of drug-likeness (QED) is 0.558. The van der Waals surface area contributed by atoms with Crippen LogP contribution in [0.25, 0.3) is 0 Å². The summed E-state index contributed by atoms with van der Waals surface area (Å²) in [5.74, 6) is 0.00974. The molecule has 0 aromatic heterocycles. The first-order chi connectivity index (χ1) is 12.6. The lowest BCUT2D eigenvalue weighted by Crippen LogP contribution is -2.38. The second kappa shape index (κ2) is 8.32. The third kappa shape index (κ3) is 4.22. The molecule has 1 amide bonds. The molecule has 2 aromatic carbocycles. The second-order valence-electron chi connectivity index (χ2n) is 6.27. The lowest BCUT2D eigenvalue weighted by molar-refractivity contribution is -0.120. The van der Waals surface area contributed by atoms with E-state index < -0.39 is 0 Å². The molecule has 0 radical (unpaired) electrons. The van der Waals surface area contributed by atoms with Crippen molar-refractivity contribution in [1.82, 2.24) is 0 Å². The second-order valence-corrected chi connectivity index (χ2v) is 7.43. The summed E-state index contributed by atoms with van der Waals surface area (Å²) in [4.78, 5) is 25.6. The van der Waals surface area contributed by atoms with E-state index in [4.69, 9.17) is 5.26 Å². The van der Waals surface area contributed by atoms with Gasteiger partial charge in [0.25, 0.3) is 0 Å². The van der Waals surface area contributed by atoms with Gasteiger partial charge in [0.2, 0.25) is 5.91 Å². The van der Waals surface area contributed by atoms with Crippen LogP contribution in [0, 0.1) is 20.8 Å². The molecule has 0 unspecified atom stereocenters. The molecule has 1 aliphatic heterocycles. The monoisotopic (exact) mass is 459 g/mol. The molecule has 1 heterocycles. The number of rotatable bonds is 4.